The molecule has 1 heterocycles. The second-order valence-corrected chi connectivity index (χ2v) is 7.81. The van der Waals surface area contributed by atoms with Crippen molar-refractivity contribution in [1.29, 1.82) is 0 Å². The van der Waals surface area contributed by atoms with E-state index in [9.17, 15) is 9.59 Å². The molecule has 0 fully saturated rings. The highest BCUT2D eigenvalue weighted by Gasteiger charge is 2.25. The monoisotopic (exact) mass is 434 g/mol. The maximum absolute atomic E-state index is 13.0. The van der Waals surface area contributed by atoms with Crippen molar-refractivity contribution in [2.75, 3.05) is 6.61 Å². The van der Waals surface area contributed by atoms with Gasteiger partial charge in [-0.15, -0.1) is 0 Å². The Kier molecular flexibility index (Phi) is 8.02. The zero-order chi connectivity index (χ0) is 22.9. The fourth-order valence-electron chi connectivity index (χ4n) is 3.43. The Bertz CT molecular complexity index is 1030. The number of para-hydroxylation sites is 1. The molecular formula is C25H30N4O3. The second kappa shape index (κ2) is 11.1. The van der Waals surface area contributed by atoms with Gasteiger partial charge in [0.1, 0.15) is 11.8 Å². The molecule has 2 N–H and O–H groups in total. The van der Waals surface area contributed by atoms with Gasteiger partial charge in [0, 0.05) is 18.9 Å². The Morgan fingerprint density at radius 2 is 1.75 bits per heavy atom. The fraction of sp³-hybridized carbons (Fsp3) is 0.320. The summed E-state index contributed by atoms with van der Waals surface area (Å²) in [6.07, 6.45) is 3.64. The molecule has 1 aromatic heterocycles. The average molecular weight is 435 g/mol. The Morgan fingerprint density at radius 1 is 1.03 bits per heavy atom. The molecule has 1 unspecified atom stereocenters. The molecule has 32 heavy (non-hydrogen) atoms. The number of nitrogens with zero attached hydrogens (tertiary/aromatic N) is 2. The minimum absolute atomic E-state index is 0.0856. The SMILES string of the molecule is CCOc1ccccc1C(=O)NC(C(=O)NCc1ccccc1Cn1cccn1)C(C)C. The van der Waals surface area contributed by atoms with Gasteiger partial charge in [0.15, 0.2) is 0 Å². The van der Waals surface area contributed by atoms with Gasteiger partial charge in [-0.05, 0) is 42.2 Å². The summed E-state index contributed by atoms with van der Waals surface area (Å²) in [5.74, 6) is -0.140. The molecular weight excluding hydrogens is 404 g/mol. The first kappa shape index (κ1) is 23.1. The molecule has 3 aromatic rings. The predicted molar refractivity (Wildman–Crippen MR) is 123 cm³/mol. The Morgan fingerprint density at radius 3 is 2.44 bits per heavy atom. The lowest BCUT2D eigenvalue weighted by atomic mass is 10.0. The van der Waals surface area contributed by atoms with Crippen LogP contribution in [-0.4, -0.2) is 34.2 Å². The summed E-state index contributed by atoms with van der Waals surface area (Å²) in [5.41, 5.74) is 2.50. The highest BCUT2D eigenvalue weighted by Crippen LogP contribution is 2.18. The molecule has 0 spiro atoms. The van der Waals surface area contributed by atoms with Gasteiger partial charge in [0.2, 0.25) is 5.91 Å². The summed E-state index contributed by atoms with van der Waals surface area (Å²) in [4.78, 5) is 25.9. The molecule has 0 aliphatic heterocycles. The maximum atomic E-state index is 13.0. The molecule has 2 aromatic carbocycles. The summed E-state index contributed by atoms with van der Waals surface area (Å²) < 4.78 is 7.39. The molecule has 2 amide bonds. The van der Waals surface area contributed by atoms with Crippen LogP contribution in [0.2, 0.25) is 0 Å². The van der Waals surface area contributed by atoms with E-state index in [0.717, 1.165) is 11.1 Å². The third-order valence-corrected chi connectivity index (χ3v) is 5.13. The third kappa shape index (κ3) is 5.97. The number of benzene rings is 2. The fourth-order valence-corrected chi connectivity index (χ4v) is 3.43. The summed E-state index contributed by atoms with van der Waals surface area (Å²) in [7, 11) is 0. The van der Waals surface area contributed by atoms with Crippen molar-refractivity contribution in [3.8, 4) is 5.75 Å². The highest BCUT2D eigenvalue weighted by molar-refractivity contribution is 5.99. The largest absolute Gasteiger partial charge is 0.493 e. The molecule has 1 atom stereocenters. The lowest BCUT2D eigenvalue weighted by molar-refractivity contribution is -0.124. The minimum Gasteiger partial charge on any atom is -0.493 e. The summed E-state index contributed by atoms with van der Waals surface area (Å²) in [6, 6.07) is 16.2. The van der Waals surface area contributed by atoms with E-state index in [2.05, 4.69) is 15.7 Å². The molecule has 168 valence electrons. The summed E-state index contributed by atoms with van der Waals surface area (Å²) >= 11 is 0. The molecule has 7 nitrogen and oxygen atoms in total. The number of hydrogen-bond donors (Lipinski definition) is 2. The average Bonchev–Trinajstić information content (AvgIpc) is 3.30. The van der Waals surface area contributed by atoms with Crippen LogP contribution in [0.1, 0.15) is 42.3 Å². The van der Waals surface area contributed by atoms with E-state index in [-0.39, 0.29) is 17.7 Å². The first-order chi connectivity index (χ1) is 15.5. The number of ether oxygens (including phenoxy) is 1. The molecule has 0 saturated carbocycles. The van der Waals surface area contributed by atoms with Gasteiger partial charge in [0.25, 0.3) is 5.91 Å². The van der Waals surface area contributed by atoms with Crippen LogP contribution in [0.15, 0.2) is 67.0 Å². The molecule has 0 radical (unpaired) electrons. The zero-order valence-corrected chi connectivity index (χ0v) is 18.7. The van der Waals surface area contributed by atoms with Gasteiger partial charge in [0.05, 0.1) is 18.7 Å². The first-order valence-corrected chi connectivity index (χ1v) is 10.8. The van der Waals surface area contributed by atoms with Crippen LogP contribution in [-0.2, 0) is 17.9 Å². The van der Waals surface area contributed by atoms with Crippen molar-refractivity contribution in [1.82, 2.24) is 20.4 Å². The number of aromatic nitrogens is 2. The van der Waals surface area contributed by atoms with E-state index in [4.69, 9.17) is 4.74 Å². The van der Waals surface area contributed by atoms with Gasteiger partial charge in [-0.1, -0.05) is 50.2 Å². The normalized spacial score (nSPS) is 11.8. The standard InChI is InChI=1S/C25H30N4O3/c1-4-32-22-13-8-7-12-21(22)24(30)28-23(18(2)3)25(31)26-16-19-10-5-6-11-20(19)17-29-15-9-14-27-29/h5-15,18,23H,4,16-17H2,1-3H3,(H,26,31)(H,28,30). The molecule has 0 aliphatic rings. The van der Waals surface area contributed by atoms with Crippen molar-refractivity contribution >= 4 is 11.8 Å². The number of carbonyl (C=O) groups excluding carboxylic acids is 2. The number of rotatable bonds is 10. The topological polar surface area (TPSA) is 85.2 Å². The van der Waals surface area contributed by atoms with Crippen LogP contribution < -0.4 is 15.4 Å². The van der Waals surface area contributed by atoms with Crippen LogP contribution in [0.3, 0.4) is 0 Å². The lowest BCUT2D eigenvalue weighted by Gasteiger charge is -2.22. The zero-order valence-electron chi connectivity index (χ0n) is 18.7. The van der Waals surface area contributed by atoms with Crippen molar-refractivity contribution in [2.45, 2.75) is 39.9 Å². The quantitative estimate of drug-likeness (QED) is 0.512. The van der Waals surface area contributed by atoms with E-state index in [1.54, 1.807) is 24.4 Å². The van der Waals surface area contributed by atoms with Crippen LogP contribution in [0, 0.1) is 5.92 Å². The smallest absolute Gasteiger partial charge is 0.255 e. The van der Waals surface area contributed by atoms with Crippen LogP contribution >= 0.6 is 0 Å². The van der Waals surface area contributed by atoms with Gasteiger partial charge in [-0.3, -0.25) is 14.3 Å². The van der Waals surface area contributed by atoms with Crippen LogP contribution in [0.5, 0.6) is 5.75 Å². The number of nitrogens with one attached hydrogen (secondary N) is 2. The van der Waals surface area contributed by atoms with Crippen molar-refractivity contribution in [2.24, 2.45) is 5.92 Å². The Hall–Kier alpha value is -3.61. The summed E-state index contributed by atoms with van der Waals surface area (Å²) in [5, 5.41) is 10.1. The summed E-state index contributed by atoms with van der Waals surface area (Å²) in [6.45, 7) is 7.12. The predicted octanol–water partition coefficient (Wildman–Crippen LogP) is 3.40. The highest BCUT2D eigenvalue weighted by atomic mass is 16.5. The molecule has 7 heteroatoms. The van der Waals surface area contributed by atoms with Gasteiger partial charge >= 0.3 is 0 Å². The Labute approximate surface area is 188 Å². The van der Waals surface area contributed by atoms with Gasteiger partial charge < -0.3 is 15.4 Å². The van der Waals surface area contributed by atoms with Gasteiger partial charge in [-0.2, -0.15) is 5.10 Å². The van der Waals surface area contributed by atoms with Gasteiger partial charge in [-0.25, -0.2) is 0 Å². The third-order valence-electron chi connectivity index (χ3n) is 5.13. The number of amides is 2. The lowest BCUT2D eigenvalue weighted by Crippen LogP contribution is -2.49. The van der Waals surface area contributed by atoms with Crippen molar-refractivity contribution in [3.05, 3.63) is 83.7 Å². The minimum atomic E-state index is -0.671. The van der Waals surface area contributed by atoms with Crippen molar-refractivity contribution in [3.63, 3.8) is 0 Å². The maximum Gasteiger partial charge on any atom is 0.255 e. The molecule has 0 saturated heterocycles. The second-order valence-electron chi connectivity index (χ2n) is 7.81. The molecule has 3 rings (SSSR count). The van der Waals surface area contributed by atoms with Crippen LogP contribution in [0.4, 0.5) is 0 Å². The number of carbonyl (C=O) groups is 2. The van der Waals surface area contributed by atoms with E-state index in [1.807, 2.05) is 68.0 Å². The van der Waals surface area contributed by atoms with E-state index < -0.39 is 6.04 Å². The van der Waals surface area contributed by atoms with E-state index in [0.29, 0.717) is 31.0 Å². The van der Waals surface area contributed by atoms with E-state index in [1.165, 1.54) is 0 Å². The van der Waals surface area contributed by atoms with E-state index >= 15 is 0 Å². The molecule has 0 aliphatic carbocycles. The molecule has 0 bridgehead atoms. The Balaban J connectivity index is 1.67. The van der Waals surface area contributed by atoms with Crippen LogP contribution in [0.25, 0.3) is 0 Å². The first-order valence-electron chi connectivity index (χ1n) is 10.8. The van der Waals surface area contributed by atoms with Crippen molar-refractivity contribution < 1.29 is 14.3 Å². The number of hydrogen-bond acceptors (Lipinski definition) is 4.